The lowest BCUT2D eigenvalue weighted by Gasteiger charge is -2.23. The number of nitrogens with zero attached hydrogens (tertiary/aromatic N) is 1. The zero-order valence-electron chi connectivity index (χ0n) is 12.6. The minimum atomic E-state index is -0.529. The van der Waals surface area contributed by atoms with Crippen LogP contribution < -0.4 is 16.0 Å². The molecule has 1 amide bonds. The number of carbonyl (C=O) groups is 1. The van der Waals surface area contributed by atoms with Gasteiger partial charge in [0.1, 0.15) is 11.4 Å². The van der Waals surface area contributed by atoms with Crippen LogP contribution in [-0.2, 0) is 4.74 Å². The van der Waals surface area contributed by atoms with Crippen LogP contribution in [0.5, 0.6) is 0 Å². The molecule has 2 rings (SSSR count). The van der Waals surface area contributed by atoms with Crippen LogP contribution in [0.4, 0.5) is 20.6 Å². The number of ether oxygens (including phenoxy) is 1. The van der Waals surface area contributed by atoms with E-state index in [1.54, 1.807) is 12.1 Å². The maximum Gasteiger partial charge on any atom is 0.407 e. The van der Waals surface area contributed by atoms with Gasteiger partial charge in [-0.1, -0.05) is 6.07 Å². The number of nitrogen functional groups attached to an aromatic ring is 1. The van der Waals surface area contributed by atoms with Crippen LogP contribution in [0.15, 0.2) is 18.2 Å². The maximum atomic E-state index is 13.9. The standard InChI is InChI=1S/C15H22FN3O2/c1-15(2,3)21-14(20)18-10-7-8-19(9-10)13-11(16)5-4-6-12(13)17/h4-6,10H,7-9,17H2,1-3H3,(H,18,20)/t10-/m1/s1. The Morgan fingerprint density at radius 1 is 1.48 bits per heavy atom. The van der Waals surface area contributed by atoms with E-state index in [0.29, 0.717) is 24.5 Å². The maximum absolute atomic E-state index is 13.9. The van der Waals surface area contributed by atoms with E-state index in [0.717, 1.165) is 6.42 Å². The molecule has 1 aromatic rings. The highest BCUT2D eigenvalue weighted by molar-refractivity contribution is 5.70. The van der Waals surface area contributed by atoms with Gasteiger partial charge in [-0.2, -0.15) is 0 Å². The number of hydrogen-bond acceptors (Lipinski definition) is 4. The van der Waals surface area contributed by atoms with E-state index >= 15 is 0 Å². The van der Waals surface area contributed by atoms with Crippen molar-refractivity contribution in [2.75, 3.05) is 23.7 Å². The summed E-state index contributed by atoms with van der Waals surface area (Å²) in [5.74, 6) is -0.340. The quantitative estimate of drug-likeness (QED) is 0.823. The third kappa shape index (κ3) is 4.00. The zero-order valence-corrected chi connectivity index (χ0v) is 12.6. The summed E-state index contributed by atoms with van der Waals surface area (Å²) in [5, 5.41) is 2.81. The van der Waals surface area contributed by atoms with Gasteiger partial charge < -0.3 is 20.7 Å². The largest absolute Gasteiger partial charge is 0.444 e. The number of para-hydroxylation sites is 1. The molecule has 5 nitrogen and oxygen atoms in total. The number of halogens is 1. The Labute approximate surface area is 124 Å². The van der Waals surface area contributed by atoms with Gasteiger partial charge in [-0.3, -0.25) is 0 Å². The number of alkyl carbamates (subject to hydrolysis) is 1. The van der Waals surface area contributed by atoms with Gasteiger partial charge in [-0.05, 0) is 39.3 Å². The van der Waals surface area contributed by atoms with Crippen molar-refractivity contribution in [1.82, 2.24) is 5.32 Å². The first kappa shape index (κ1) is 15.4. The van der Waals surface area contributed by atoms with Gasteiger partial charge in [0.25, 0.3) is 0 Å². The number of anilines is 2. The average Bonchev–Trinajstić information content (AvgIpc) is 2.74. The molecule has 1 heterocycles. The fourth-order valence-corrected chi connectivity index (χ4v) is 2.42. The smallest absolute Gasteiger partial charge is 0.407 e. The number of nitrogens with two attached hydrogens (primary N) is 1. The Balaban J connectivity index is 1.97. The fourth-order valence-electron chi connectivity index (χ4n) is 2.42. The van der Waals surface area contributed by atoms with Crippen LogP contribution >= 0.6 is 0 Å². The number of nitrogens with one attached hydrogen (secondary N) is 1. The molecule has 1 saturated heterocycles. The van der Waals surface area contributed by atoms with Gasteiger partial charge in [0.05, 0.1) is 17.4 Å². The molecule has 1 aliphatic rings. The zero-order chi connectivity index (χ0) is 15.6. The highest BCUT2D eigenvalue weighted by atomic mass is 19.1. The lowest BCUT2D eigenvalue weighted by Crippen LogP contribution is -2.40. The van der Waals surface area contributed by atoms with Gasteiger partial charge in [-0.15, -0.1) is 0 Å². The summed E-state index contributed by atoms with van der Waals surface area (Å²) in [4.78, 5) is 13.6. The number of amides is 1. The minimum Gasteiger partial charge on any atom is -0.444 e. The molecule has 1 aromatic carbocycles. The first-order chi connectivity index (χ1) is 9.76. The Morgan fingerprint density at radius 2 is 2.19 bits per heavy atom. The van der Waals surface area contributed by atoms with Crippen LogP contribution in [0, 0.1) is 5.82 Å². The molecule has 0 unspecified atom stereocenters. The van der Waals surface area contributed by atoms with Crippen molar-refractivity contribution in [3.63, 3.8) is 0 Å². The Hall–Kier alpha value is -1.98. The molecule has 0 radical (unpaired) electrons. The van der Waals surface area contributed by atoms with Crippen LogP contribution in [0.1, 0.15) is 27.2 Å². The Morgan fingerprint density at radius 3 is 2.81 bits per heavy atom. The molecular weight excluding hydrogens is 273 g/mol. The summed E-state index contributed by atoms with van der Waals surface area (Å²) < 4.78 is 19.1. The van der Waals surface area contributed by atoms with Crippen molar-refractivity contribution in [3.8, 4) is 0 Å². The summed E-state index contributed by atoms with van der Waals surface area (Å²) >= 11 is 0. The van der Waals surface area contributed by atoms with Gasteiger partial charge in [0, 0.05) is 13.1 Å². The average molecular weight is 295 g/mol. The number of rotatable bonds is 2. The molecule has 0 aliphatic carbocycles. The monoisotopic (exact) mass is 295 g/mol. The van der Waals surface area contributed by atoms with Gasteiger partial charge in [-0.25, -0.2) is 9.18 Å². The first-order valence-electron chi connectivity index (χ1n) is 7.05. The summed E-state index contributed by atoms with van der Waals surface area (Å²) in [5.41, 5.74) is 6.13. The van der Waals surface area contributed by atoms with E-state index in [1.165, 1.54) is 6.07 Å². The highest BCUT2D eigenvalue weighted by Crippen LogP contribution is 2.29. The topological polar surface area (TPSA) is 67.6 Å². The third-order valence-corrected chi connectivity index (χ3v) is 3.24. The molecule has 0 spiro atoms. The third-order valence-electron chi connectivity index (χ3n) is 3.24. The highest BCUT2D eigenvalue weighted by Gasteiger charge is 2.28. The first-order valence-corrected chi connectivity index (χ1v) is 7.05. The number of hydrogen-bond donors (Lipinski definition) is 2. The lowest BCUT2D eigenvalue weighted by atomic mass is 10.2. The van der Waals surface area contributed by atoms with E-state index in [-0.39, 0.29) is 11.9 Å². The van der Waals surface area contributed by atoms with Crippen molar-refractivity contribution in [2.45, 2.75) is 38.8 Å². The van der Waals surface area contributed by atoms with Gasteiger partial charge in [0.15, 0.2) is 0 Å². The van der Waals surface area contributed by atoms with E-state index in [9.17, 15) is 9.18 Å². The molecule has 0 bridgehead atoms. The van der Waals surface area contributed by atoms with Crippen LogP contribution in [0.25, 0.3) is 0 Å². The second-order valence-electron chi connectivity index (χ2n) is 6.26. The van der Waals surface area contributed by atoms with Crippen molar-refractivity contribution in [3.05, 3.63) is 24.0 Å². The summed E-state index contributed by atoms with van der Waals surface area (Å²) in [7, 11) is 0. The van der Waals surface area contributed by atoms with Crippen molar-refractivity contribution >= 4 is 17.5 Å². The predicted octanol–water partition coefficient (Wildman–Crippen LogP) is 2.51. The summed E-state index contributed by atoms with van der Waals surface area (Å²) in [6, 6.07) is 4.58. The summed E-state index contributed by atoms with van der Waals surface area (Å²) in [6.45, 7) is 6.60. The van der Waals surface area contributed by atoms with E-state index in [4.69, 9.17) is 10.5 Å². The normalized spacial score (nSPS) is 18.7. The SMILES string of the molecule is CC(C)(C)OC(=O)N[C@@H]1CCN(c2c(N)cccc2F)C1. The Bertz CT molecular complexity index is 508. The molecule has 116 valence electrons. The van der Waals surface area contributed by atoms with Crippen LogP contribution in [0.2, 0.25) is 0 Å². The molecule has 0 aromatic heterocycles. The van der Waals surface area contributed by atoms with Crippen molar-refractivity contribution in [1.29, 1.82) is 0 Å². The van der Waals surface area contributed by atoms with E-state index in [2.05, 4.69) is 5.32 Å². The lowest BCUT2D eigenvalue weighted by molar-refractivity contribution is 0.0509. The van der Waals surface area contributed by atoms with Crippen molar-refractivity contribution in [2.24, 2.45) is 0 Å². The molecule has 1 fully saturated rings. The van der Waals surface area contributed by atoms with E-state index in [1.807, 2.05) is 25.7 Å². The van der Waals surface area contributed by atoms with Gasteiger partial charge in [0.2, 0.25) is 0 Å². The summed E-state index contributed by atoms with van der Waals surface area (Å²) in [6.07, 6.45) is 0.281. The molecule has 3 N–H and O–H groups in total. The number of carbonyl (C=O) groups excluding carboxylic acids is 1. The molecule has 1 aliphatic heterocycles. The molecule has 1 atom stereocenters. The predicted molar refractivity (Wildman–Crippen MR) is 80.8 cm³/mol. The van der Waals surface area contributed by atoms with E-state index < -0.39 is 11.7 Å². The molecule has 21 heavy (non-hydrogen) atoms. The molecule has 0 saturated carbocycles. The van der Waals surface area contributed by atoms with Gasteiger partial charge >= 0.3 is 6.09 Å². The molecule has 6 heteroatoms. The minimum absolute atomic E-state index is 0.0705. The number of benzene rings is 1. The van der Waals surface area contributed by atoms with Crippen LogP contribution in [-0.4, -0.2) is 30.8 Å². The van der Waals surface area contributed by atoms with Crippen molar-refractivity contribution < 1.29 is 13.9 Å². The second-order valence-corrected chi connectivity index (χ2v) is 6.26. The Kier molecular flexibility index (Phi) is 4.25. The second kappa shape index (κ2) is 5.79. The fraction of sp³-hybridized carbons (Fsp3) is 0.533. The molecular formula is C15H22FN3O2. The van der Waals surface area contributed by atoms with Crippen LogP contribution in [0.3, 0.4) is 0 Å².